The highest BCUT2D eigenvalue weighted by Crippen LogP contribution is 2.24. The molecule has 108 valence electrons. The van der Waals surface area contributed by atoms with E-state index in [1.807, 2.05) is 7.05 Å². The number of hydrogen-bond donors (Lipinski definition) is 1. The summed E-state index contributed by atoms with van der Waals surface area (Å²) in [4.78, 5) is 0. The first-order chi connectivity index (χ1) is 8.95. The van der Waals surface area contributed by atoms with Crippen molar-refractivity contribution in [1.82, 2.24) is 5.32 Å². The molecule has 0 heterocycles. The Bertz CT molecular complexity index is 407. The lowest BCUT2D eigenvalue weighted by atomic mass is 9.94. The van der Waals surface area contributed by atoms with E-state index in [-0.39, 0.29) is 6.04 Å². The minimum absolute atomic E-state index is 0.136. The Balaban J connectivity index is 2.67. The zero-order valence-electron chi connectivity index (χ0n) is 12.1. The van der Waals surface area contributed by atoms with Crippen LogP contribution < -0.4 is 5.32 Å². The summed E-state index contributed by atoms with van der Waals surface area (Å²) in [5, 5.41) is 3.23. The van der Waals surface area contributed by atoms with Crippen molar-refractivity contribution in [2.75, 3.05) is 20.3 Å². The van der Waals surface area contributed by atoms with E-state index in [1.54, 1.807) is 0 Å². The minimum Gasteiger partial charge on any atom is -0.375 e. The molecule has 1 aromatic rings. The molecule has 0 aliphatic carbocycles. The zero-order valence-corrected chi connectivity index (χ0v) is 12.1. The van der Waals surface area contributed by atoms with Gasteiger partial charge in [0.25, 0.3) is 6.43 Å². The zero-order chi connectivity index (χ0) is 14.4. The van der Waals surface area contributed by atoms with Crippen LogP contribution in [0.2, 0.25) is 0 Å². The van der Waals surface area contributed by atoms with Crippen molar-refractivity contribution in [2.24, 2.45) is 0 Å². The van der Waals surface area contributed by atoms with E-state index < -0.39 is 13.0 Å². The van der Waals surface area contributed by atoms with E-state index in [2.05, 4.69) is 38.2 Å². The Morgan fingerprint density at radius 2 is 1.74 bits per heavy atom. The largest absolute Gasteiger partial charge is 0.375 e. The van der Waals surface area contributed by atoms with Crippen LogP contribution in [-0.4, -0.2) is 26.7 Å². The van der Waals surface area contributed by atoms with Crippen LogP contribution in [0.4, 0.5) is 8.78 Å². The van der Waals surface area contributed by atoms with E-state index in [9.17, 15) is 8.78 Å². The monoisotopic (exact) mass is 271 g/mol. The van der Waals surface area contributed by atoms with Gasteiger partial charge in [0, 0.05) is 12.6 Å². The lowest BCUT2D eigenvalue weighted by Crippen LogP contribution is -2.20. The molecule has 1 unspecified atom stereocenters. The standard InChI is InChI=1S/C15H23F2NO/c1-10-7-12(3)13(8-11(10)2)14(18-4)5-6-19-9-15(16)17/h7-8,14-15,18H,5-6,9H2,1-4H3. The molecule has 0 bridgehead atoms. The molecular weight excluding hydrogens is 248 g/mol. The average molecular weight is 271 g/mol. The summed E-state index contributed by atoms with van der Waals surface area (Å²) in [6.45, 7) is 6.10. The van der Waals surface area contributed by atoms with Gasteiger partial charge in [0.1, 0.15) is 6.61 Å². The molecule has 1 rings (SSSR count). The molecule has 0 saturated heterocycles. The third-order valence-electron chi connectivity index (χ3n) is 3.40. The number of ether oxygens (including phenoxy) is 1. The van der Waals surface area contributed by atoms with Gasteiger partial charge in [-0.2, -0.15) is 0 Å². The van der Waals surface area contributed by atoms with Gasteiger partial charge in [-0.25, -0.2) is 8.78 Å². The van der Waals surface area contributed by atoms with Crippen LogP contribution in [0.25, 0.3) is 0 Å². The van der Waals surface area contributed by atoms with Crippen LogP contribution in [0.3, 0.4) is 0 Å². The molecule has 0 fully saturated rings. The van der Waals surface area contributed by atoms with Gasteiger partial charge in [0.15, 0.2) is 0 Å². The molecule has 2 nitrogen and oxygen atoms in total. The third-order valence-corrected chi connectivity index (χ3v) is 3.40. The van der Waals surface area contributed by atoms with E-state index in [4.69, 9.17) is 4.74 Å². The number of aryl methyl sites for hydroxylation is 3. The summed E-state index contributed by atoms with van der Waals surface area (Å²) in [5.41, 5.74) is 4.95. The maximum absolute atomic E-state index is 12.0. The quantitative estimate of drug-likeness (QED) is 0.766. The predicted molar refractivity (Wildman–Crippen MR) is 73.9 cm³/mol. The highest BCUT2D eigenvalue weighted by Gasteiger charge is 2.13. The first kappa shape index (κ1) is 16.1. The minimum atomic E-state index is -2.39. The fourth-order valence-electron chi connectivity index (χ4n) is 2.19. The molecule has 0 amide bonds. The van der Waals surface area contributed by atoms with Crippen molar-refractivity contribution in [1.29, 1.82) is 0 Å². The normalized spacial score (nSPS) is 13.0. The van der Waals surface area contributed by atoms with Crippen LogP contribution in [0.5, 0.6) is 0 Å². The van der Waals surface area contributed by atoms with Crippen molar-refractivity contribution in [3.63, 3.8) is 0 Å². The van der Waals surface area contributed by atoms with Gasteiger partial charge in [-0.1, -0.05) is 12.1 Å². The lowest BCUT2D eigenvalue weighted by Gasteiger charge is -2.20. The van der Waals surface area contributed by atoms with Crippen molar-refractivity contribution < 1.29 is 13.5 Å². The molecule has 0 spiro atoms. The molecule has 1 aromatic carbocycles. The van der Waals surface area contributed by atoms with Crippen molar-refractivity contribution in [2.45, 2.75) is 39.7 Å². The van der Waals surface area contributed by atoms with Crippen LogP contribution >= 0.6 is 0 Å². The second-order valence-corrected chi connectivity index (χ2v) is 4.89. The maximum atomic E-state index is 12.0. The number of rotatable bonds is 7. The molecular formula is C15H23F2NO. The maximum Gasteiger partial charge on any atom is 0.261 e. The van der Waals surface area contributed by atoms with Crippen LogP contribution in [-0.2, 0) is 4.74 Å². The Morgan fingerprint density at radius 1 is 1.11 bits per heavy atom. The van der Waals surface area contributed by atoms with Crippen LogP contribution in [0.1, 0.15) is 34.7 Å². The second kappa shape index (κ2) is 7.56. The molecule has 0 saturated carbocycles. The van der Waals surface area contributed by atoms with Gasteiger partial charge in [-0.3, -0.25) is 0 Å². The van der Waals surface area contributed by atoms with E-state index in [0.29, 0.717) is 13.0 Å². The number of hydrogen-bond acceptors (Lipinski definition) is 2. The Morgan fingerprint density at radius 3 is 2.32 bits per heavy atom. The van der Waals surface area contributed by atoms with Crippen molar-refractivity contribution in [3.8, 4) is 0 Å². The van der Waals surface area contributed by atoms with Gasteiger partial charge < -0.3 is 10.1 Å². The summed E-state index contributed by atoms with van der Waals surface area (Å²) in [5.74, 6) is 0. The van der Waals surface area contributed by atoms with E-state index in [0.717, 1.165) is 0 Å². The highest BCUT2D eigenvalue weighted by molar-refractivity contribution is 5.38. The third kappa shape index (κ3) is 4.88. The topological polar surface area (TPSA) is 21.3 Å². The summed E-state index contributed by atoms with van der Waals surface area (Å²) in [7, 11) is 1.88. The lowest BCUT2D eigenvalue weighted by molar-refractivity contribution is 0.0145. The Labute approximate surface area is 114 Å². The molecule has 19 heavy (non-hydrogen) atoms. The molecule has 1 atom stereocenters. The van der Waals surface area contributed by atoms with Gasteiger partial charge in [-0.05, 0) is 56.5 Å². The molecule has 0 aliphatic rings. The summed E-state index contributed by atoms with van der Waals surface area (Å²) in [6, 6.07) is 4.46. The molecule has 0 aromatic heterocycles. The van der Waals surface area contributed by atoms with Crippen molar-refractivity contribution in [3.05, 3.63) is 34.4 Å². The Hall–Kier alpha value is -1.00. The second-order valence-electron chi connectivity index (χ2n) is 4.89. The van der Waals surface area contributed by atoms with Gasteiger partial charge in [0.2, 0.25) is 0 Å². The van der Waals surface area contributed by atoms with E-state index >= 15 is 0 Å². The van der Waals surface area contributed by atoms with Gasteiger partial charge >= 0.3 is 0 Å². The molecule has 0 radical (unpaired) electrons. The Kier molecular flexibility index (Phi) is 6.38. The fourth-order valence-corrected chi connectivity index (χ4v) is 2.19. The fraction of sp³-hybridized carbons (Fsp3) is 0.600. The average Bonchev–Trinajstić information content (AvgIpc) is 2.34. The predicted octanol–water partition coefficient (Wildman–Crippen LogP) is 3.54. The van der Waals surface area contributed by atoms with Crippen LogP contribution in [0, 0.1) is 20.8 Å². The number of nitrogens with one attached hydrogen (secondary N) is 1. The number of benzene rings is 1. The summed E-state index contributed by atoms with van der Waals surface area (Å²) < 4.78 is 28.9. The van der Waals surface area contributed by atoms with Gasteiger partial charge in [-0.15, -0.1) is 0 Å². The van der Waals surface area contributed by atoms with Crippen molar-refractivity contribution >= 4 is 0 Å². The number of alkyl halides is 2. The van der Waals surface area contributed by atoms with Crippen LogP contribution in [0.15, 0.2) is 12.1 Å². The summed E-state index contributed by atoms with van der Waals surface area (Å²) in [6.07, 6.45) is -1.71. The van der Waals surface area contributed by atoms with Gasteiger partial charge in [0.05, 0.1) is 0 Å². The smallest absolute Gasteiger partial charge is 0.261 e. The van der Waals surface area contributed by atoms with E-state index in [1.165, 1.54) is 22.3 Å². The molecule has 0 aliphatic heterocycles. The number of halogens is 2. The molecule has 1 N–H and O–H groups in total. The summed E-state index contributed by atoms with van der Waals surface area (Å²) >= 11 is 0. The highest BCUT2D eigenvalue weighted by atomic mass is 19.3. The SMILES string of the molecule is CNC(CCOCC(F)F)c1cc(C)c(C)cc1C. The molecule has 4 heteroatoms. The first-order valence-electron chi connectivity index (χ1n) is 6.56. The first-order valence-corrected chi connectivity index (χ1v) is 6.56.